The molecule has 0 aromatic heterocycles. The van der Waals surface area contributed by atoms with Gasteiger partial charge < -0.3 is 0 Å². The van der Waals surface area contributed by atoms with Crippen LogP contribution in [-0.4, -0.2) is 5.78 Å². The Morgan fingerprint density at radius 1 is 1.23 bits per heavy atom. The lowest BCUT2D eigenvalue weighted by molar-refractivity contribution is 0.0857. The van der Waals surface area contributed by atoms with E-state index < -0.39 is 5.41 Å². The van der Waals surface area contributed by atoms with Gasteiger partial charge in [0.1, 0.15) is 0 Å². The SMILES string of the molecule is CC(C)(C)C(=O)c1cccc([O])c1. The van der Waals surface area contributed by atoms with Crippen molar-refractivity contribution >= 4 is 5.78 Å². The largest absolute Gasteiger partial charge is 0.294 e. The maximum Gasteiger partial charge on any atom is 0.179 e. The van der Waals surface area contributed by atoms with Crippen LogP contribution in [0.15, 0.2) is 24.3 Å². The molecule has 1 radical (unpaired) electrons. The predicted octanol–water partition coefficient (Wildman–Crippen LogP) is 3.06. The van der Waals surface area contributed by atoms with Crippen LogP contribution in [0.4, 0.5) is 0 Å². The molecular weight excluding hydrogens is 164 g/mol. The summed E-state index contributed by atoms with van der Waals surface area (Å²) in [5.74, 6) is -0.111. The summed E-state index contributed by atoms with van der Waals surface area (Å²) in [6, 6.07) is 6.11. The van der Waals surface area contributed by atoms with Crippen molar-refractivity contribution in [2.45, 2.75) is 20.8 Å². The van der Waals surface area contributed by atoms with Crippen molar-refractivity contribution in [3.05, 3.63) is 29.8 Å². The molecule has 0 saturated carbocycles. The number of rotatable bonds is 1. The first-order chi connectivity index (χ1) is 5.91. The van der Waals surface area contributed by atoms with Gasteiger partial charge in [-0.3, -0.25) is 9.90 Å². The first kappa shape index (κ1) is 9.78. The second kappa shape index (κ2) is 3.21. The van der Waals surface area contributed by atoms with Crippen molar-refractivity contribution < 1.29 is 9.90 Å². The topological polar surface area (TPSA) is 37.0 Å². The molecule has 0 spiro atoms. The average Bonchev–Trinajstić information content (AvgIpc) is 2.01. The molecule has 0 fully saturated rings. The zero-order valence-corrected chi connectivity index (χ0v) is 8.13. The van der Waals surface area contributed by atoms with Gasteiger partial charge in [-0.05, 0) is 12.1 Å². The fourth-order valence-electron chi connectivity index (χ4n) is 1.07. The van der Waals surface area contributed by atoms with Crippen molar-refractivity contribution in [1.29, 1.82) is 0 Å². The Morgan fingerprint density at radius 3 is 2.31 bits per heavy atom. The number of ketones is 1. The molecule has 0 heterocycles. The van der Waals surface area contributed by atoms with Gasteiger partial charge in [0.05, 0.1) is 0 Å². The van der Waals surface area contributed by atoms with E-state index in [-0.39, 0.29) is 11.5 Å². The van der Waals surface area contributed by atoms with Crippen LogP contribution in [0, 0.1) is 5.41 Å². The highest BCUT2D eigenvalue weighted by atomic mass is 16.3. The van der Waals surface area contributed by atoms with Crippen LogP contribution in [0.2, 0.25) is 0 Å². The van der Waals surface area contributed by atoms with Crippen LogP contribution in [0.1, 0.15) is 31.1 Å². The summed E-state index contributed by atoms with van der Waals surface area (Å²) in [5.41, 5.74) is 0.0772. The first-order valence-corrected chi connectivity index (χ1v) is 4.23. The summed E-state index contributed by atoms with van der Waals surface area (Å²) < 4.78 is 0. The van der Waals surface area contributed by atoms with Gasteiger partial charge in [0, 0.05) is 11.0 Å². The molecule has 2 heteroatoms. The van der Waals surface area contributed by atoms with Gasteiger partial charge in [0.2, 0.25) is 0 Å². The van der Waals surface area contributed by atoms with Gasteiger partial charge in [-0.25, -0.2) is 0 Å². The lowest BCUT2D eigenvalue weighted by Gasteiger charge is -2.16. The quantitative estimate of drug-likeness (QED) is 0.607. The number of Topliss-reactive ketones (excluding diaryl/α,β-unsaturated/α-hetero) is 1. The van der Waals surface area contributed by atoms with Gasteiger partial charge in [-0.1, -0.05) is 32.9 Å². The van der Waals surface area contributed by atoms with E-state index in [4.69, 9.17) is 0 Å². The second-order valence-electron chi connectivity index (χ2n) is 4.11. The van der Waals surface area contributed by atoms with Crippen LogP contribution in [0.3, 0.4) is 0 Å². The third-order valence-electron chi connectivity index (χ3n) is 1.78. The third kappa shape index (κ3) is 2.31. The summed E-state index contributed by atoms with van der Waals surface area (Å²) >= 11 is 0. The number of carbonyl (C=O) groups is 1. The van der Waals surface area contributed by atoms with Crippen LogP contribution in [0.5, 0.6) is 5.75 Å². The van der Waals surface area contributed by atoms with E-state index in [1.54, 1.807) is 12.1 Å². The van der Waals surface area contributed by atoms with Gasteiger partial charge in [0.15, 0.2) is 11.5 Å². The third-order valence-corrected chi connectivity index (χ3v) is 1.78. The number of carbonyl (C=O) groups excluding carboxylic acids is 1. The highest BCUT2D eigenvalue weighted by Crippen LogP contribution is 2.22. The Hall–Kier alpha value is -1.31. The molecule has 69 valence electrons. The minimum Gasteiger partial charge on any atom is -0.294 e. The Kier molecular flexibility index (Phi) is 2.41. The van der Waals surface area contributed by atoms with Crippen LogP contribution in [-0.2, 0) is 5.11 Å². The van der Waals surface area contributed by atoms with Crippen molar-refractivity contribution in [2.24, 2.45) is 5.41 Å². The van der Waals surface area contributed by atoms with E-state index in [0.717, 1.165) is 0 Å². The molecule has 1 rings (SSSR count). The summed E-state index contributed by atoms with van der Waals surface area (Å²) in [6.07, 6.45) is 0. The summed E-state index contributed by atoms with van der Waals surface area (Å²) in [4.78, 5) is 11.7. The van der Waals surface area contributed by atoms with E-state index in [9.17, 15) is 9.90 Å². The first-order valence-electron chi connectivity index (χ1n) is 4.23. The van der Waals surface area contributed by atoms with E-state index in [1.165, 1.54) is 12.1 Å². The summed E-state index contributed by atoms with van der Waals surface area (Å²) in [5, 5.41) is 11.0. The maximum atomic E-state index is 11.7. The lowest BCUT2D eigenvalue weighted by atomic mass is 9.86. The monoisotopic (exact) mass is 177 g/mol. The highest BCUT2D eigenvalue weighted by molar-refractivity contribution is 6.00. The van der Waals surface area contributed by atoms with E-state index >= 15 is 0 Å². The number of benzene rings is 1. The highest BCUT2D eigenvalue weighted by Gasteiger charge is 2.22. The van der Waals surface area contributed by atoms with Gasteiger partial charge in [-0.15, -0.1) is 0 Å². The van der Waals surface area contributed by atoms with E-state index in [2.05, 4.69) is 0 Å². The Morgan fingerprint density at radius 2 is 1.85 bits per heavy atom. The molecule has 0 aliphatic heterocycles. The Balaban J connectivity index is 3.03. The van der Waals surface area contributed by atoms with Crippen molar-refractivity contribution in [1.82, 2.24) is 0 Å². The van der Waals surface area contributed by atoms with Crippen molar-refractivity contribution in [2.75, 3.05) is 0 Å². The molecule has 0 aliphatic rings. The van der Waals surface area contributed by atoms with Gasteiger partial charge in [-0.2, -0.15) is 0 Å². The molecule has 0 unspecified atom stereocenters. The van der Waals surface area contributed by atoms with E-state index in [0.29, 0.717) is 5.56 Å². The normalized spacial score (nSPS) is 11.3. The van der Waals surface area contributed by atoms with Crippen molar-refractivity contribution in [3.8, 4) is 5.75 Å². The minimum absolute atomic E-state index is 0.00481. The van der Waals surface area contributed by atoms with Crippen LogP contribution >= 0.6 is 0 Å². The van der Waals surface area contributed by atoms with Crippen LogP contribution < -0.4 is 0 Å². The number of hydrogen-bond acceptors (Lipinski definition) is 1. The molecule has 0 N–H and O–H groups in total. The zero-order chi connectivity index (χ0) is 10.1. The molecule has 0 aliphatic carbocycles. The molecule has 0 saturated heterocycles. The molecule has 0 bridgehead atoms. The molecule has 13 heavy (non-hydrogen) atoms. The maximum absolute atomic E-state index is 11.7. The van der Waals surface area contributed by atoms with Crippen molar-refractivity contribution in [3.63, 3.8) is 0 Å². The fraction of sp³-hybridized carbons (Fsp3) is 0.364. The lowest BCUT2D eigenvalue weighted by Crippen LogP contribution is -2.19. The molecule has 1 aromatic rings. The summed E-state index contributed by atoms with van der Waals surface area (Å²) in [7, 11) is 0. The molecule has 2 nitrogen and oxygen atoms in total. The minimum atomic E-state index is -0.423. The Bertz CT molecular complexity index is 321. The predicted molar refractivity (Wildman–Crippen MR) is 50.4 cm³/mol. The Labute approximate surface area is 78.2 Å². The molecular formula is C11H13O2. The van der Waals surface area contributed by atoms with Crippen LogP contribution in [0.25, 0.3) is 0 Å². The van der Waals surface area contributed by atoms with Gasteiger partial charge >= 0.3 is 0 Å². The number of hydrogen-bond donors (Lipinski definition) is 0. The summed E-state index contributed by atoms with van der Waals surface area (Å²) in [6.45, 7) is 5.52. The van der Waals surface area contributed by atoms with E-state index in [1.807, 2.05) is 20.8 Å². The standard InChI is InChI=1S/C11H13O2/c1-11(2,3)10(13)8-5-4-6-9(12)7-8/h4-7H,1-3H3. The zero-order valence-electron chi connectivity index (χ0n) is 8.13. The van der Waals surface area contributed by atoms with Gasteiger partial charge in [0.25, 0.3) is 0 Å². The average molecular weight is 177 g/mol. The fourth-order valence-corrected chi connectivity index (χ4v) is 1.07. The smallest absolute Gasteiger partial charge is 0.179 e. The molecule has 0 amide bonds. The second-order valence-corrected chi connectivity index (χ2v) is 4.11. The molecule has 1 aromatic carbocycles. The molecule has 0 atom stereocenters.